The predicted octanol–water partition coefficient (Wildman–Crippen LogP) is 2.24. The zero-order chi connectivity index (χ0) is 15.3. The quantitative estimate of drug-likeness (QED) is 0.875. The fourth-order valence-corrected chi connectivity index (χ4v) is 4.21. The predicted molar refractivity (Wildman–Crippen MR) is 81.9 cm³/mol. The van der Waals surface area contributed by atoms with Crippen molar-refractivity contribution in [2.24, 2.45) is 0 Å². The Morgan fingerprint density at radius 1 is 1.29 bits per heavy atom. The molecule has 118 valence electrons. The van der Waals surface area contributed by atoms with Crippen LogP contribution in [0.1, 0.15) is 37.8 Å². The molecule has 1 N–H and O–H groups in total. The Bertz CT molecular complexity index is 535. The molecule has 1 saturated heterocycles. The molecule has 0 aliphatic carbocycles. The second kappa shape index (κ2) is 7.24. The molecule has 1 aromatic carbocycles. The third-order valence-corrected chi connectivity index (χ3v) is 5.80. The van der Waals surface area contributed by atoms with Crippen molar-refractivity contribution in [2.45, 2.75) is 37.5 Å². The van der Waals surface area contributed by atoms with E-state index in [-0.39, 0.29) is 11.3 Å². The van der Waals surface area contributed by atoms with Crippen molar-refractivity contribution in [1.82, 2.24) is 4.72 Å². The van der Waals surface area contributed by atoms with Crippen LogP contribution in [-0.4, -0.2) is 34.0 Å². The molecule has 0 radical (unpaired) electrons. The summed E-state index contributed by atoms with van der Waals surface area (Å²) in [6.45, 7) is 3.01. The van der Waals surface area contributed by atoms with Gasteiger partial charge >= 0.3 is 0 Å². The fourth-order valence-electron chi connectivity index (χ4n) is 2.50. The van der Waals surface area contributed by atoms with Gasteiger partial charge in [0.2, 0.25) is 10.0 Å². The summed E-state index contributed by atoms with van der Waals surface area (Å²) < 4.78 is 38.1. The minimum absolute atomic E-state index is 0.205. The minimum atomic E-state index is -3.32. The van der Waals surface area contributed by atoms with Crippen LogP contribution in [0.15, 0.2) is 24.3 Å². The molecule has 21 heavy (non-hydrogen) atoms. The highest BCUT2D eigenvalue weighted by Crippen LogP contribution is 2.23. The molecule has 1 aliphatic heterocycles. The molecule has 1 heterocycles. The first kappa shape index (κ1) is 16.3. The zero-order valence-electron chi connectivity index (χ0n) is 12.5. The first-order valence-electron chi connectivity index (χ1n) is 7.29. The van der Waals surface area contributed by atoms with E-state index < -0.39 is 10.0 Å². The number of benzene rings is 1. The van der Waals surface area contributed by atoms with Crippen molar-refractivity contribution >= 4 is 10.0 Å². The molecule has 2 rings (SSSR count). The molecule has 1 fully saturated rings. The highest BCUT2D eigenvalue weighted by molar-refractivity contribution is 7.90. The van der Waals surface area contributed by atoms with Crippen molar-refractivity contribution in [3.8, 4) is 5.75 Å². The van der Waals surface area contributed by atoms with Crippen molar-refractivity contribution in [3.05, 3.63) is 29.8 Å². The van der Waals surface area contributed by atoms with E-state index in [1.807, 2.05) is 31.2 Å². The van der Waals surface area contributed by atoms with Gasteiger partial charge in [-0.05, 0) is 37.0 Å². The number of methoxy groups -OCH3 is 1. The van der Waals surface area contributed by atoms with Crippen molar-refractivity contribution in [2.75, 3.05) is 20.3 Å². The average Bonchev–Trinajstić information content (AvgIpc) is 2.53. The molecule has 0 unspecified atom stereocenters. The van der Waals surface area contributed by atoms with Crippen LogP contribution in [0, 0.1) is 0 Å². The monoisotopic (exact) mass is 313 g/mol. The largest absolute Gasteiger partial charge is 0.497 e. The van der Waals surface area contributed by atoms with Crippen LogP contribution < -0.4 is 9.46 Å². The van der Waals surface area contributed by atoms with E-state index in [1.54, 1.807) is 7.11 Å². The van der Waals surface area contributed by atoms with Crippen LogP contribution in [0.4, 0.5) is 0 Å². The first-order chi connectivity index (χ1) is 10.1. The molecule has 0 amide bonds. The van der Waals surface area contributed by atoms with E-state index in [1.165, 1.54) is 0 Å². The van der Waals surface area contributed by atoms with E-state index in [2.05, 4.69) is 4.72 Å². The number of rotatable bonds is 6. The number of hydrogen-bond acceptors (Lipinski definition) is 4. The number of sulfonamides is 1. The molecular weight excluding hydrogens is 290 g/mol. The lowest BCUT2D eigenvalue weighted by Gasteiger charge is -2.25. The Balaban J connectivity index is 2.09. The van der Waals surface area contributed by atoms with E-state index in [4.69, 9.17) is 9.47 Å². The normalized spacial score (nSPS) is 18.4. The SMILES string of the molecule is CC[C@@H](NS(=O)(=O)C1CCOCC1)c1ccc(OC)cc1. The molecule has 0 bridgehead atoms. The molecule has 6 heteroatoms. The molecule has 1 aliphatic rings. The molecule has 5 nitrogen and oxygen atoms in total. The van der Waals surface area contributed by atoms with Gasteiger partial charge in [0.25, 0.3) is 0 Å². The maximum atomic E-state index is 12.5. The summed E-state index contributed by atoms with van der Waals surface area (Å²) in [6.07, 6.45) is 1.83. The lowest BCUT2D eigenvalue weighted by Crippen LogP contribution is -2.39. The number of nitrogens with one attached hydrogen (secondary N) is 1. The summed E-state index contributed by atoms with van der Waals surface area (Å²) in [5.41, 5.74) is 0.953. The van der Waals surface area contributed by atoms with Crippen molar-refractivity contribution < 1.29 is 17.9 Å². The Kier molecular flexibility index (Phi) is 5.61. The van der Waals surface area contributed by atoms with Crippen molar-refractivity contribution in [1.29, 1.82) is 0 Å². The Labute approximate surface area is 126 Å². The Morgan fingerprint density at radius 3 is 2.43 bits per heavy atom. The van der Waals surface area contributed by atoms with Gasteiger partial charge in [-0.25, -0.2) is 13.1 Å². The van der Waals surface area contributed by atoms with Gasteiger partial charge in [-0.1, -0.05) is 19.1 Å². The van der Waals surface area contributed by atoms with E-state index in [9.17, 15) is 8.42 Å². The zero-order valence-corrected chi connectivity index (χ0v) is 13.4. The standard InChI is InChI=1S/C15H23NO4S/c1-3-15(12-4-6-13(19-2)7-5-12)16-21(17,18)14-8-10-20-11-9-14/h4-7,14-16H,3,8-11H2,1-2H3/t15-/m1/s1. The highest BCUT2D eigenvalue weighted by atomic mass is 32.2. The van der Waals surface area contributed by atoms with E-state index in [0.29, 0.717) is 32.5 Å². The summed E-state index contributed by atoms with van der Waals surface area (Å²) in [7, 11) is -1.71. The third-order valence-electron chi connectivity index (χ3n) is 3.84. The van der Waals surface area contributed by atoms with Crippen LogP contribution in [-0.2, 0) is 14.8 Å². The molecule has 0 aromatic heterocycles. The van der Waals surface area contributed by atoms with Crippen molar-refractivity contribution in [3.63, 3.8) is 0 Å². The molecule has 1 aromatic rings. The van der Waals surface area contributed by atoms with Crippen LogP contribution in [0.5, 0.6) is 5.75 Å². The third kappa shape index (κ3) is 4.18. The Morgan fingerprint density at radius 2 is 1.90 bits per heavy atom. The molecule has 0 spiro atoms. The molecule has 0 saturated carbocycles. The Hall–Kier alpha value is -1.11. The summed E-state index contributed by atoms with van der Waals surface area (Å²) >= 11 is 0. The lowest BCUT2D eigenvalue weighted by atomic mass is 10.1. The van der Waals surface area contributed by atoms with Crippen LogP contribution in [0.25, 0.3) is 0 Å². The summed E-state index contributed by atoms with van der Waals surface area (Å²) in [6, 6.07) is 7.30. The second-order valence-corrected chi connectivity index (χ2v) is 7.20. The van der Waals surface area contributed by atoms with Gasteiger partial charge in [-0.3, -0.25) is 0 Å². The minimum Gasteiger partial charge on any atom is -0.497 e. The van der Waals surface area contributed by atoms with Gasteiger partial charge in [-0.15, -0.1) is 0 Å². The number of ether oxygens (including phenoxy) is 2. The summed E-state index contributed by atoms with van der Waals surface area (Å²) in [5.74, 6) is 0.765. The maximum absolute atomic E-state index is 12.5. The average molecular weight is 313 g/mol. The molecular formula is C15H23NO4S. The maximum Gasteiger partial charge on any atom is 0.215 e. The van der Waals surface area contributed by atoms with Gasteiger partial charge < -0.3 is 9.47 Å². The lowest BCUT2D eigenvalue weighted by molar-refractivity contribution is 0.0980. The highest BCUT2D eigenvalue weighted by Gasteiger charge is 2.29. The van der Waals surface area contributed by atoms with Crippen LogP contribution in [0.2, 0.25) is 0 Å². The summed E-state index contributed by atoms with van der Waals surface area (Å²) in [4.78, 5) is 0. The fraction of sp³-hybridized carbons (Fsp3) is 0.600. The topological polar surface area (TPSA) is 64.6 Å². The molecule has 1 atom stereocenters. The number of hydrogen-bond donors (Lipinski definition) is 1. The van der Waals surface area contributed by atoms with Gasteiger partial charge in [0.1, 0.15) is 5.75 Å². The van der Waals surface area contributed by atoms with Gasteiger partial charge in [0.15, 0.2) is 0 Å². The smallest absolute Gasteiger partial charge is 0.215 e. The van der Waals surface area contributed by atoms with E-state index in [0.717, 1.165) is 11.3 Å². The van der Waals surface area contributed by atoms with Gasteiger partial charge in [0, 0.05) is 19.3 Å². The van der Waals surface area contributed by atoms with E-state index >= 15 is 0 Å². The second-order valence-electron chi connectivity index (χ2n) is 5.21. The summed E-state index contributed by atoms with van der Waals surface area (Å²) in [5, 5.41) is -0.349. The van der Waals surface area contributed by atoms with Crippen LogP contribution in [0.3, 0.4) is 0 Å². The van der Waals surface area contributed by atoms with Crippen LogP contribution >= 0.6 is 0 Å². The first-order valence-corrected chi connectivity index (χ1v) is 8.84. The van der Waals surface area contributed by atoms with Gasteiger partial charge in [-0.2, -0.15) is 0 Å². The van der Waals surface area contributed by atoms with Gasteiger partial charge in [0.05, 0.1) is 12.4 Å².